The van der Waals surface area contributed by atoms with Gasteiger partial charge in [-0.2, -0.15) is 0 Å². The van der Waals surface area contributed by atoms with Crippen LogP contribution in [-0.2, 0) is 23.5 Å². The van der Waals surface area contributed by atoms with Crippen LogP contribution in [0.5, 0.6) is 0 Å². The largest absolute Gasteiger partial charge is 0.467 e. The molecule has 0 saturated carbocycles. The lowest BCUT2D eigenvalue weighted by Crippen LogP contribution is -2.47. The lowest BCUT2D eigenvalue weighted by atomic mass is 10.2. The Morgan fingerprint density at radius 3 is 2.48 bits per heavy atom. The summed E-state index contributed by atoms with van der Waals surface area (Å²) >= 11 is 0. The van der Waals surface area contributed by atoms with Crippen LogP contribution in [-0.4, -0.2) is 52.7 Å². The van der Waals surface area contributed by atoms with Crippen molar-refractivity contribution in [3.05, 3.63) is 0 Å². The van der Waals surface area contributed by atoms with E-state index in [1.54, 1.807) is 0 Å². The molecule has 0 aliphatic carbocycles. The minimum Gasteiger partial charge on any atom is -0.467 e. The van der Waals surface area contributed by atoms with Gasteiger partial charge in [-0.3, -0.25) is 4.79 Å². The van der Waals surface area contributed by atoms with Gasteiger partial charge < -0.3 is 19.2 Å². The first-order valence-corrected chi connectivity index (χ1v) is 11.1. The highest BCUT2D eigenvalue weighted by Crippen LogP contribution is 2.36. The van der Waals surface area contributed by atoms with Gasteiger partial charge in [0.05, 0.1) is 7.11 Å². The molecule has 0 bridgehead atoms. The van der Waals surface area contributed by atoms with E-state index in [1.807, 2.05) is 0 Å². The van der Waals surface area contributed by atoms with Crippen LogP contribution in [0.2, 0.25) is 18.1 Å². The minimum absolute atomic E-state index is 0.106. The number of carbonyl (C=O) groups excluding carboxylic acids is 2. The lowest BCUT2D eigenvalue weighted by molar-refractivity contribution is -0.146. The van der Waals surface area contributed by atoms with E-state index in [2.05, 4.69) is 39.2 Å². The number of amides is 1. The molecule has 1 fully saturated rings. The maximum Gasteiger partial charge on any atom is 0.328 e. The highest BCUT2D eigenvalue weighted by molar-refractivity contribution is 6.74. The molecule has 0 radical (unpaired) electrons. The number of hydrogen-bond donors (Lipinski definition) is 1. The van der Waals surface area contributed by atoms with E-state index in [1.165, 1.54) is 7.11 Å². The Bertz CT molecular complexity index is 413. The quantitative estimate of drug-likeness (QED) is 0.566. The standard InChI is InChI=1S/C16H31NO5Si/c1-16(2,3)23(5,6)22-11-9-12(15(19)20-4)17-14(18)13-8-7-10-21-13/h12-13H,7-11H2,1-6H3,(H,17,18)/t12-,13-/m0/s1. The second-order valence-corrected chi connectivity index (χ2v) is 12.3. The number of hydrogen-bond acceptors (Lipinski definition) is 5. The van der Waals surface area contributed by atoms with Crippen LogP contribution in [0.15, 0.2) is 0 Å². The molecule has 1 heterocycles. The Morgan fingerprint density at radius 2 is 2.00 bits per heavy atom. The maximum absolute atomic E-state index is 12.1. The third-order valence-electron chi connectivity index (χ3n) is 4.70. The van der Waals surface area contributed by atoms with E-state index in [0.717, 1.165) is 6.42 Å². The number of carbonyl (C=O) groups is 2. The highest BCUT2D eigenvalue weighted by atomic mass is 28.4. The van der Waals surface area contributed by atoms with E-state index < -0.39 is 26.4 Å². The Kier molecular flexibility index (Phi) is 7.22. The summed E-state index contributed by atoms with van der Waals surface area (Å²) in [5, 5.41) is 2.84. The summed E-state index contributed by atoms with van der Waals surface area (Å²) in [6.45, 7) is 11.8. The van der Waals surface area contributed by atoms with Crippen LogP contribution in [0.1, 0.15) is 40.0 Å². The van der Waals surface area contributed by atoms with Gasteiger partial charge in [-0.15, -0.1) is 0 Å². The van der Waals surface area contributed by atoms with Crippen molar-refractivity contribution >= 4 is 20.2 Å². The van der Waals surface area contributed by atoms with Crippen molar-refractivity contribution in [3.8, 4) is 0 Å². The molecule has 23 heavy (non-hydrogen) atoms. The molecular weight excluding hydrogens is 314 g/mol. The first-order valence-electron chi connectivity index (χ1n) is 8.22. The molecule has 6 nitrogen and oxygen atoms in total. The molecule has 1 rings (SSSR count). The third kappa shape index (κ3) is 5.89. The van der Waals surface area contributed by atoms with Gasteiger partial charge in [-0.05, 0) is 31.0 Å². The van der Waals surface area contributed by atoms with Crippen molar-refractivity contribution in [1.82, 2.24) is 5.32 Å². The zero-order chi connectivity index (χ0) is 17.7. The van der Waals surface area contributed by atoms with Crippen molar-refractivity contribution in [1.29, 1.82) is 0 Å². The Hall–Kier alpha value is -0.923. The Labute approximate surface area is 140 Å². The van der Waals surface area contributed by atoms with Crippen LogP contribution in [0.4, 0.5) is 0 Å². The van der Waals surface area contributed by atoms with Crippen LogP contribution in [0.3, 0.4) is 0 Å². The second-order valence-electron chi connectivity index (χ2n) is 7.48. The highest BCUT2D eigenvalue weighted by Gasteiger charge is 2.37. The summed E-state index contributed by atoms with van der Waals surface area (Å²) in [7, 11) is -0.550. The fraction of sp³-hybridized carbons (Fsp3) is 0.875. The van der Waals surface area contributed by atoms with Crippen LogP contribution in [0.25, 0.3) is 0 Å². The zero-order valence-electron chi connectivity index (χ0n) is 15.2. The fourth-order valence-electron chi connectivity index (χ4n) is 2.09. The molecule has 0 aromatic carbocycles. The summed E-state index contributed by atoms with van der Waals surface area (Å²) in [5.74, 6) is -0.694. The first kappa shape index (κ1) is 20.1. The van der Waals surface area contributed by atoms with Crippen molar-refractivity contribution in [2.24, 2.45) is 0 Å². The van der Waals surface area contributed by atoms with Gasteiger partial charge in [0.15, 0.2) is 8.32 Å². The third-order valence-corrected chi connectivity index (χ3v) is 9.24. The van der Waals surface area contributed by atoms with Crippen LogP contribution in [0, 0.1) is 0 Å². The summed E-state index contributed by atoms with van der Waals surface area (Å²) in [4.78, 5) is 24.0. The van der Waals surface area contributed by atoms with E-state index in [9.17, 15) is 9.59 Å². The van der Waals surface area contributed by atoms with Gasteiger partial charge in [0, 0.05) is 19.6 Å². The minimum atomic E-state index is -1.87. The Morgan fingerprint density at radius 1 is 1.35 bits per heavy atom. The summed E-state index contributed by atoms with van der Waals surface area (Å²) in [6, 6.07) is -0.693. The molecular formula is C16H31NO5Si. The van der Waals surface area contributed by atoms with E-state index in [4.69, 9.17) is 13.9 Å². The van der Waals surface area contributed by atoms with Crippen LogP contribution >= 0.6 is 0 Å². The zero-order valence-corrected chi connectivity index (χ0v) is 16.2. The molecule has 1 aliphatic heterocycles. The molecule has 2 atom stereocenters. The van der Waals surface area contributed by atoms with Gasteiger partial charge >= 0.3 is 5.97 Å². The van der Waals surface area contributed by atoms with E-state index >= 15 is 0 Å². The molecule has 0 unspecified atom stereocenters. The van der Waals surface area contributed by atoms with Gasteiger partial charge in [-0.25, -0.2) is 4.79 Å². The average Bonchev–Trinajstić information content (AvgIpc) is 2.98. The second kappa shape index (κ2) is 8.26. The van der Waals surface area contributed by atoms with Gasteiger partial charge in [0.25, 0.3) is 0 Å². The fourth-order valence-corrected chi connectivity index (χ4v) is 3.15. The predicted molar refractivity (Wildman–Crippen MR) is 90.7 cm³/mol. The van der Waals surface area contributed by atoms with Crippen LogP contribution < -0.4 is 5.32 Å². The van der Waals surface area contributed by atoms with E-state index in [-0.39, 0.29) is 10.9 Å². The average molecular weight is 346 g/mol. The SMILES string of the molecule is COC(=O)[C@H](CCO[Si](C)(C)C(C)(C)C)NC(=O)[C@@H]1CCCO1. The molecule has 0 aromatic rings. The van der Waals surface area contributed by atoms with Gasteiger partial charge in [0.1, 0.15) is 12.1 Å². The van der Waals surface area contributed by atoms with Crippen molar-refractivity contribution in [2.45, 2.75) is 70.3 Å². The normalized spacial score (nSPS) is 20.2. The number of methoxy groups -OCH3 is 1. The number of ether oxygens (including phenoxy) is 2. The maximum atomic E-state index is 12.1. The van der Waals surface area contributed by atoms with Crippen molar-refractivity contribution in [3.63, 3.8) is 0 Å². The summed E-state index contributed by atoms with van der Waals surface area (Å²) in [6.07, 6.45) is 1.51. The number of rotatable bonds is 7. The van der Waals surface area contributed by atoms with Crippen molar-refractivity contribution < 1.29 is 23.5 Å². The topological polar surface area (TPSA) is 73.9 Å². The molecule has 1 aliphatic rings. The summed E-state index contributed by atoms with van der Waals surface area (Å²) in [5.41, 5.74) is 0. The molecule has 0 aromatic heterocycles. The van der Waals surface area contributed by atoms with Gasteiger partial charge in [-0.1, -0.05) is 20.8 Å². The van der Waals surface area contributed by atoms with Crippen molar-refractivity contribution in [2.75, 3.05) is 20.3 Å². The van der Waals surface area contributed by atoms with Gasteiger partial charge in [0.2, 0.25) is 5.91 Å². The monoisotopic (exact) mass is 345 g/mol. The smallest absolute Gasteiger partial charge is 0.328 e. The summed E-state index contributed by atoms with van der Waals surface area (Å²) < 4.78 is 16.2. The predicted octanol–water partition coefficient (Wildman–Crippen LogP) is 2.24. The molecule has 134 valence electrons. The molecule has 1 N–H and O–H groups in total. The lowest BCUT2D eigenvalue weighted by Gasteiger charge is -2.36. The van der Waals surface area contributed by atoms with E-state index in [0.29, 0.717) is 26.1 Å². The Balaban J connectivity index is 2.55. The first-order chi connectivity index (χ1) is 10.6. The molecule has 1 amide bonds. The number of nitrogens with one attached hydrogen (secondary N) is 1. The molecule has 0 spiro atoms. The number of esters is 1. The molecule has 7 heteroatoms. The molecule has 1 saturated heterocycles.